The number of rotatable bonds is 11. The second-order valence-corrected chi connectivity index (χ2v) is 7.38. The predicted molar refractivity (Wildman–Crippen MR) is 105 cm³/mol. The number of piperazine rings is 1. The molecule has 1 aliphatic heterocycles. The SMILES string of the molecule is CC(=O)CCc1ccc(OCC(=O)N2CCN(CCCOCC(F)(F)F)CC2)cc1. The Balaban J connectivity index is 1.60. The van der Waals surface area contributed by atoms with Crippen LogP contribution in [0, 0.1) is 0 Å². The van der Waals surface area contributed by atoms with Gasteiger partial charge < -0.3 is 19.2 Å². The summed E-state index contributed by atoms with van der Waals surface area (Å²) in [6, 6.07) is 7.36. The van der Waals surface area contributed by atoms with E-state index in [9.17, 15) is 22.8 Å². The molecule has 1 heterocycles. The number of carbonyl (C=O) groups excluding carboxylic acids is 2. The highest BCUT2D eigenvalue weighted by molar-refractivity contribution is 5.78. The molecule has 1 fully saturated rings. The molecule has 1 amide bonds. The highest BCUT2D eigenvalue weighted by Gasteiger charge is 2.27. The molecule has 0 aromatic heterocycles. The van der Waals surface area contributed by atoms with Crippen molar-refractivity contribution in [2.45, 2.75) is 32.4 Å². The first-order valence-electron chi connectivity index (χ1n) is 10.1. The molecule has 30 heavy (non-hydrogen) atoms. The Kier molecular flexibility index (Phi) is 9.58. The molecule has 6 nitrogen and oxygen atoms in total. The molecule has 0 unspecified atom stereocenters. The van der Waals surface area contributed by atoms with Gasteiger partial charge in [0.1, 0.15) is 18.1 Å². The summed E-state index contributed by atoms with van der Waals surface area (Å²) in [6.07, 6.45) is -2.57. The molecule has 1 aromatic rings. The quantitative estimate of drug-likeness (QED) is 0.506. The van der Waals surface area contributed by atoms with Crippen LogP contribution in [0.4, 0.5) is 13.2 Å². The minimum Gasteiger partial charge on any atom is -0.484 e. The Labute approximate surface area is 174 Å². The van der Waals surface area contributed by atoms with E-state index in [0.29, 0.717) is 57.7 Å². The standard InChI is InChI=1S/C21H29F3N2O4/c1-17(27)3-4-18-5-7-19(8-6-18)30-15-20(28)26-12-10-25(11-13-26)9-2-14-29-16-21(22,23)24/h5-8H,2-4,9-16H2,1H3. The number of hydrogen-bond acceptors (Lipinski definition) is 5. The van der Waals surface area contributed by atoms with Gasteiger partial charge in [0.25, 0.3) is 5.91 Å². The Morgan fingerprint density at radius 2 is 1.73 bits per heavy atom. The lowest BCUT2D eigenvalue weighted by molar-refractivity contribution is -0.174. The largest absolute Gasteiger partial charge is 0.484 e. The fourth-order valence-electron chi connectivity index (χ4n) is 3.11. The number of alkyl halides is 3. The normalized spacial score (nSPS) is 15.3. The number of Topliss-reactive ketones (excluding diaryl/α,β-unsaturated/α-hetero) is 1. The number of halogens is 3. The summed E-state index contributed by atoms with van der Waals surface area (Å²) in [4.78, 5) is 27.2. The van der Waals surface area contributed by atoms with Gasteiger partial charge in [0.2, 0.25) is 0 Å². The second-order valence-electron chi connectivity index (χ2n) is 7.38. The van der Waals surface area contributed by atoms with Crippen molar-refractivity contribution in [3.05, 3.63) is 29.8 Å². The van der Waals surface area contributed by atoms with Crippen molar-refractivity contribution >= 4 is 11.7 Å². The lowest BCUT2D eigenvalue weighted by Gasteiger charge is -2.34. The minimum absolute atomic E-state index is 0.0436. The van der Waals surface area contributed by atoms with Crippen molar-refractivity contribution in [1.82, 2.24) is 9.80 Å². The van der Waals surface area contributed by atoms with Crippen molar-refractivity contribution in [3.63, 3.8) is 0 Å². The molecule has 1 saturated heterocycles. The first kappa shape index (κ1) is 24.1. The summed E-state index contributed by atoms with van der Waals surface area (Å²) in [6.45, 7) is 3.51. The van der Waals surface area contributed by atoms with Crippen LogP contribution in [-0.4, -0.2) is 80.2 Å². The fraction of sp³-hybridized carbons (Fsp3) is 0.619. The molecule has 0 bridgehead atoms. The molecule has 9 heteroatoms. The lowest BCUT2D eigenvalue weighted by atomic mass is 10.1. The van der Waals surface area contributed by atoms with E-state index in [-0.39, 0.29) is 24.9 Å². The number of ketones is 1. The molecule has 0 atom stereocenters. The molecule has 0 N–H and O–H groups in total. The third kappa shape index (κ3) is 9.58. The van der Waals surface area contributed by atoms with E-state index < -0.39 is 12.8 Å². The van der Waals surface area contributed by atoms with Crippen LogP contribution in [0.5, 0.6) is 5.75 Å². The van der Waals surface area contributed by atoms with E-state index in [4.69, 9.17) is 4.74 Å². The van der Waals surface area contributed by atoms with E-state index in [1.54, 1.807) is 24.0 Å². The summed E-state index contributed by atoms with van der Waals surface area (Å²) in [7, 11) is 0. The van der Waals surface area contributed by atoms with Crippen LogP contribution in [0.1, 0.15) is 25.3 Å². The summed E-state index contributed by atoms with van der Waals surface area (Å²) in [5.41, 5.74) is 1.05. The maximum atomic E-state index is 12.3. The Morgan fingerprint density at radius 3 is 2.33 bits per heavy atom. The zero-order valence-corrected chi connectivity index (χ0v) is 17.2. The zero-order chi connectivity index (χ0) is 22.0. The Bertz CT molecular complexity index is 672. The number of ether oxygens (including phenoxy) is 2. The molecular weight excluding hydrogens is 401 g/mol. The monoisotopic (exact) mass is 430 g/mol. The smallest absolute Gasteiger partial charge is 0.411 e. The number of benzene rings is 1. The molecule has 0 saturated carbocycles. The van der Waals surface area contributed by atoms with E-state index in [0.717, 1.165) is 5.56 Å². The maximum absolute atomic E-state index is 12.3. The van der Waals surface area contributed by atoms with Crippen molar-refractivity contribution in [2.24, 2.45) is 0 Å². The summed E-state index contributed by atoms with van der Waals surface area (Å²) in [5.74, 6) is 0.659. The second kappa shape index (κ2) is 11.9. The van der Waals surface area contributed by atoms with Crippen LogP contribution < -0.4 is 4.74 Å². The predicted octanol–water partition coefficient (Wildman–Crippen LogP) is 2.70. The van der Waals surface area contributed by atoms with E-state index in [2.05, 4.69) is 9.64 Å². The van der Waals surface area contributed by atoms with Crippen molar-refractivity contribution < 1.29 is 32.2 Å². The van der Waals surface area contributed by atoms with E-state index in [1.807, 2.05) is 12.1 Å². The third-order valence-corrected chi connectivity index (χ3v) is 4.81. The lowest BCUT2D eigenvalue weighted by Crippen LogP contribution is -2.50. The number of hydrogen-bond donors (Lipinski definition) is 0. The van der Waals surface area contributed by atoms with Gasteiger partial charge in [0.05, 0.1) is 0 Å². The maximum Gasteiger partial charge on any atom is 0.411 e. The van der Waals surface area contributed by atoms with Gasteiger partial charge in [-0.25, -0.2) is 0 Å². The van der Waals surface area contributed by atoms with Gasteiger partial charge in [-0.2, -0.15) is 13.2 Å². The topological polar surface area (TPSA) is 59.1 Å². The Morgan fingerprint density at radius 1 is 1.07 bits per heavy atom. The molecule has 2 rings (SSSR count). The summed E-state index contributed by atoms with van der Waals surface area (Å²) >= 11 is 0. The van der Waals surface area contributed by atoms with Gasteiger partial charge in [-0.15, -0.1) is 0 Å². The van der Waals surface area contributed by atoms with Crippen LogP contribution in [0.2, 0.25) is 0 Å². The summed E-state index contributed by atoms with van der Waals surface area (Å²) < 4.78 is 46.2. The van der Waals surface area contributed by atoms with Gasteiger partial charge in [-0.3, -0.25) is 9.69 Å². The molecule has 1 aromatic carbocycles. The minimum atomic E-state index is -4.29. The van der Waals surface area contributed by atoms with E-state index in [1.165, 1.54) is 0 Å². The Hall–Kier alpha value is -2.13. The highest BCUT2D eigenvalue weighted by Crippen LogP contribution is 2.15. The van der Waals surface area contributed by atoms with Crippen LogP contribution in [-0.2, 0) is 20.7 Å². The van der Waals surface area contributed by atoms with Crippen molar-refractivity contribution in [3.8, 4) is 5.75 Å². The van der Waals surface area contributed by atoms with Crippen molar-refractivity contribution in [2.75, 3.05) is 52.5 Å². The average molecular weight is 430 g/mol. The van der Waals surface area contributed by atoms with Gasteiger partial charge in [0, 0.05) is 45.8 Å². The number of carbonyl (C=O) groups is 2. The average Bonchev–Trinajstić information content (AvgIpc) is 2.70. The fourth-order valence-corrected chi connectivity index (χ4v) is 3.11. The molecule has 0 radical (unpaired) electrons. The molecule has 1 aliphatic rings. The first-order valence-corrected chi connectivity index (χ1v) is 10.1. The van der Waals surface area contributed by atoms with Crippen LogP contribution in [0.15, 0.2) is 24.3 Å². The molecule has 0 aliphatic carbocycles. The molecular formula is C21H29F3N2O4. The summed E-state index contributed by atoms with van der Waals surface area (Å²) in [5, 5.41) is 0. The van der Waals surface area contributed by atoms with Crippen LogP contribution >= 0.6 is 0 Å². The van der Waals surface area contributed by atoms with Gasteiger partial charge in [-0.05, 0) is 37.5 Å². The first-order chi connectivity index (χ1) is 14.2. The van der Waals surface area contributed by atoms with E-state index >= 15 is 0 Å². The third-order valence-electron chi connectivity index (χ3n) is 4.81. The van der Waals surface area contributed by atoms with Gasteiger partial charge in [-0.1, -0.05) is 12.1 Å². The van der Waals surface area contributed by atoms with Gasteiger partial charge >= 0.3 is 6.18 Å². The number of aryl methyl sites for hydroxylation is 1. The molecule has 0 spiro atoms. The highest BCUT2D eigenvalue weighted by atomic mass is 19.4. The van der Waals surface area contributed by atoms with Crippen LogP contribution in [0.25, 0.3) is 0 Å². The number of nitrogens with zero attached hydrogens (tertiary/aromatic N) is 2. The van der Waals surface area contributed by atoms with Crippen molar-refractivity contribution in [1.29, 1.82) is 0 Å². The van der Waals surface area contributed by atoms with Crippen LogP contribution in [0.3, 0.4) is 0 Å². The zero-order valence-electron chi connectivity index (χ0n) is 17.2. The molecule has 168 valence electrons. The van der Waals surface area contributed by atoms with Gasteiger partial charge in [0.15, 0.2) is 6.61 Å². The number of amides is 1.